The number of carbonyl (C=O) groups excluding carboxylic acids is 2. The minimum Gasteiger partial charge on any atom is -0.324 e. The van der Waals surface area contributed by atoms with Gasteiger partial charge in [0.1, 0.15) is 5.01 Å². The first-order valence-electron chi connectivity index (χ1n) is 8.66. The highest BCUT2D eigenvalue weighted by Gasteiger charge is 2.24. The lowest BCUT2D eigenvalue weighted by Gasteiger charge is -2.21. The number of benzene rings is 1. The van der Waals surface area contributed by atoms with E-state index in [2.05, 4.69) is 15.3 Å². The molecular formula is C20H18N4O2S. The Bertz CT molecular complexity index is 997. The van der Waals surface area contributed by atoms with Crippen LogP contribution in [0.2, 0.25) is 0 Å². The third kappa shape index (κ3) is 3.73. The molecule has 27 heavy (non-hydrogen) atoms. The highest BCUT2D eigenvalue weighted by atomic mass is 32.1. The lowest BCUT2D eigenvalue weighted by molar-refractivity contribution is -0.118. The van der Waals surface area contributed by atoms with Gasteiger partial charge in [0.05, 0.1) is 29.7 Å². The number of aromatic nitrogens is 2. The number of aryl methyl sites for hydroxylation is 1. The molecule has 4 rings (SSSR count). The first-order chi connectivity index (χ1) is 13.1. The summed E-state index contributed by atoms with van der Waals surface area (Å²) in [6.45, 7) is 2.38. The minimum atomic E-state index is -0.104. The fourth-order valence-corrected chi connectivity index (χ4v) is 3.81. The van der Waals surface area contributed by atoms with Crippen molar-refractivity contribution in [2.45, 2.75) is 19.8 Å². The van der Waals surface area contributed by atoms with E-state index in [0.29, 0.717) is 17.9 Å². The first-order valence-corrected chi connectivity index (χ1v) is 9.54. The highest BCUT2D eigenvalue weighted by molar-refractivity contribution is 7.13. The Morgan fingerprint density at radius 3 is 2.89 bits per heavy atom. The highest BCUT2D eigenvalue weighted by Crippen LogP contribution is 2.29. The summed E-state index contributed by atoms with van der Waals surface area (Å²) in [6.07, 6.45) is 3.65. The molecule has 3 aromatic rings. The minimum absolute atomic E-state index is 0.0958. The second-order valence-corrected chi connectivity index (χ2v) is 7.28. The van der Waals surface area contributed by atoms with Crippen molar-refractivity contribution in [3.05, 3.63) is 59.4 Å². The van der Waals surface area contributed by atoms with Crippen molar-refractivity contribution in [1.82, 2.24) is 9.97 Å². The molecule has 3 heterocycles. The normalized spacial score (nSPS) is 13.7. The van der Waals surface area contributed by atoms with Gasteiger partial charge in [-0.05, 0) is 13.0 Å². The van der Waals surface area contributed by atoms with Crippen LogP contribution in [0.3, 0.4) is 0 Å². The van der Waals surface area contributed by atoms with Gasteiger partial charge in [0.2, 0.25) is 11.8 Å². The summed E-state index contributed by atoms with van der Waals surface area (Å²) in [6, 6.07) is 9.87. The van der Waals surface area contributed by atoms with Crippen LogP contribution in [0.15, 0.2) is 48.1 Å². The first kappa shape index (κ1) is 17.4. The van der Waals surface area contributed by atoms with Crippen LogP contribution < -0.4 is 10.2 Å². The maximum Gasteiger partial charge on any atom is 0.233 e. The third-order valence-electron chi connectivity index (χ3n) is 4.41. The largest absolute Gasteiger partial charge is 0.324 e. The van der Waals surface area contributed by atoms with Gasteiger partial charge < -0.3 is 10.2 Å². The lowest BCUT2D eigenvalue weighted by Crippen LogP contribution is -2.33. The summed E-state index contributed by atoms with van der Waals surface area (Å²) in [5, 5.41) is 5.63. The molecule has 0 atom stereocenters. The molecule has 2 aromatic heterocycles. The number of pyridine rings is 1. The van der Waals surface area contributed by atoms with Crippen molar-refractivity contribution in [2.24, 2.45) is 0 Å². The average molecular weight is 378 g/mol. The van der Waals surface area contributed by atoms with Crippen molar-refractivity contribution >= 4 is 34.5 Å². The van der Waals surface area contributed by atoms with Gasteiger partial charge in [-0.25, -0.2) is 4.98 Å². The maximum absolute atomic E-state index is 12.9. The van der Waals surface area contributed by atoms with Crippen molar-refractivity contribution in [1.29, 1.82) is 0 Å². The van der Waals surface area contributed by atoms with Crippen LogP contribution in [0, 0.1) is 6.92 Å². The van der Waals surface area contributed by atoms with E-state index >= 15 is 0 Å². The van der Waals surface area contributed by atoms with E-state index in [1.165, 1.54) is 16.9 Å². The van der Waals surface area contributed by atoms with Crippen molar-refractivity contribution < 1.29 is 9.59 Å². The number of hydrogen-bond acceptors (Lipinski definition) is 5. The molecular weight excluding hydrogens is 360 g/mol. The monoisotopic (exact) mass is 378 g/mol. The molecule has 1 N–H and O–H groups in total. The van der Waals surface area contributed by atoms with Gasteiger partial charge in [-0.15, -0.1) is 11.3 Å². The SMILES string of the molecule is Cc1ccc(-c2nc(CC(=O)N3CCC(=O)Nc4ccncc43)cs2)cc1. The zero-order valence-electron chi connectivity index (χ0n) is 14.8. The standard InChI is InChI=1S/C20H18N4O2S/c1-13-2-4-14(5-3-13)20-22-15(12-27-20)10-19(26)24-9-7-18(25)23-16-6-8-21-11-17(16)24/h2-6,8,11-12H,7,9-10H2,1H3,(H,23,25). The van der Waals surface area contributed by atoms with Crippen molar-refractivity contribution in [2.75, 3.05) is 16.8 Å². The second-order valence-electron chi connectivity index (χ2n) is 6.42. The molecule has 0 unspecified atom stereocenters. The summed E-state index contributed by atoms with van der Waals surface area (Å²) in [7, 11) is 0. The molecule has 136 valence electrons. The zero-order valence-corrected chi connectivity index (χ0v) is 15.6. The summed E-state index contributed by atoms with van der Waals surface area (Å²) in [5.41, 5.74) is 4.21. The molecule has 6 nitrogen and oxygen atoms in total. The summed E-state index contributed by atoms with van der Waals surface area (Å²) < 4.78 is 0. The van der Waals surface area contributed by atoms with Gasteiger partial charge in [-0.3, -0.25) is 14.6 Å². The van der Waals surface area contributed by atoms with Crippen LogP contribution in [0.1, 0.15) is 17.7 Å². The van der Waals surface area contributed by atoms with Gasteiger partial charge in [0, 0.05) is 30.1 Å². The topological polar surface area (TPSA) is 75.2 Å². The molecule has 0 saturated carbocycles. The van der Waals surface area contributed by atoms with Crippen LogP contribution in [0.25, 0.3) is 10.6 Å². The van der Waals surface area contributed by atoms with Crippen LogP contribution in [0.5, 0.6) is 0 Å². The fraction of sp³-hybridized carbons (Fsp3) is 0.200. The number of nitrogens with zero attached hydrogens (tertiary/aromatic N) is 3. The number of amides is 2. The Labute approximate surface area is 160 Å². The molecule has 1 aliphatic rings. The van der Waals surface area contributed by atoms with E-state index in [1.54, 1.807) is 23.4 Å². The van der Waals surface area contributed by atoms with E-state index < -0.39 is 0 Å². The summed E-state index contributed by atoms with van der Waals surface area (Å²) in [4.78, 5) is 35.1. The van der Waals surface area contributed by atoms with Crippen LogP contribution in [-0.4, -0.2) is 28.3 Å². The Balaban J connectivity index is 1.54. The van der Waals surface area contributed by atoms with Crippen molar-refractivity contribution in [3.63, 3.8) is 0 Å². The Hall–Kier alpha value is -3.06. The number of hydrogen-bond donors (Lipinski definition) is 1. The Morgan fingerprint density at radius 1 is 1.26 bits per heavy atom. The van der Waals surface area contributed by atoms with Crippen LogP contribution >= 0.6 is 11.3 Å². The molecule has 0 aliphatic carbocycles. The lowest BCUT2D eigenvalue weighted by atomic mass is 10.2. The molecule has 0 saturated heterocycles. The molecule has 7 heteroatoms. The average Bonchev–Trinajstić information content (AvgIpc) is 3.04. The maximum atomic E-state index is 12.9. The van der Waals surface area contributed by atoms with Gasteiger partial charge in [-0.2, -0.15) is 0 Å². The summed E-state index contributed by atoms with van der Waals surface area (Å²) in [5.74, 6) is -0.199. The number of nitrogens with one attached hydrogen (secondary N) is 1. The van der Waals surface area contributed by atoms with Crippen LogP contribution in [0.4, 0.5) is 11.4 Å². The molecule has 1 aromatic carbocycles. The Morgan fingerprint density at radius 2 is 2.07 bits per heavy atom. The third-order valence-corrected chi connectivity index (χ3v) is 5.35. The fourth-order valence-electron chi connectivity index (χ4n) is 2.98. The van der Waals surface area contributed by atoms with Crippen LogP contribution in [-0.2, 0) is 16.0 Å². The van der Waals surface area contributed by atoms with E-state index in [9.17, 15) is 9.59 Å². The Kier molecular flexibility index (Phi) is 4.68. The number of fused-ring (bicyclic) bond motifs is 1. The van der Waals surface area contributed by atoms with Gasteiger partial charge in [0.15, 0.2) is 0 Å². The smallest absolute Gasteiger partial charge is 0.233 e. The molecule has 0 bridgehead atoms. The van der Waals surface area contributed by atoms with E-state index in [4.69, 9.17) is 0 Å². The number of thiazole rings is 1. The summed E-state index contributed by atoms with van der Waals surface area (Å²) >= 11 is 1.53. The molecule has 1 aliphatic heterocycles. The zero-order chi connectivity index (χ0) is 18.8. The number of rotatable bonds is 3. The molecule has 0 fully saturated rings. The number of carbonyl (C=O) groups is 2. The number of anilines is 2. The molecule has 0 radical (unpaired) electrons. The van der Waals surface area contributed by atoms with Crippen molar-refractivity contribution in [3.8, 4) is 10.6 Å². The van der Waals surface area contributed by atoms with Gasteiger partial charge >= 0.3 is 0 Å². The van der Waals surface area contributed by atoms with E-state index in [0.717, 1.165) is 16.3 Å². The predicted octanol–water partition coefficient (Wildman–Crippen LogP) is 3.43. The van der Waals surface area contributed by atoms with E-state index in [1.807, 2.05) is 36.6 Å². The van der Waals surface area contributed by atoms with E-state index in [-0.39, 0.29) is 24.7 Å². The quantitative estimate of drug-likeness (QED) is 0.758. The molecule has 0 spiro atoms. The van der Waals surface area contributed by atoms with Gasteiger partial charge in [0.25, 0.3) is 0 Å². The predicted molar refractivity (Wildman–Crippen MR) is 106 cm³/mol. The van der Waals surface area contributed by atoms with Gasteiger partial charge in [-0.1, -0.05) is 29.8 Å². The molecule has 2 amide bonds. The second kappa shape index (κ2) is 7.28.